The summed E-state index contributed by atoms with van der Waals surface area (Å²) in [6.07, 6.45) is 0.261. The van der Waals surface area contributed by atoms with E-state index in [9.17, 15) is 9.59 Å². The van der Waals surface area contributed by atoms with E-state index < -0.39 is 0 Å². The zero-order valence-electron chi connectivity index (χ0n) is 13.2. The molecule has 2 heterocycles. The zero-order chi connectivity index (χ0) is 16.4. The van der Waals surface area contributed by atoms with Crippen LogP contribution in [0, 0.1) is 19.8 Å². The van der Waals surface area contributed by atoms with E-state index in [1.807, 2.05) is 43.5 Å². The minimum atomic E-state index is -0.301. The van der Waals surface area contributed by atoms with E-state index in [0.717, 1.165) is 22.0 Å². The van der Waals surface area contributed by atoms with Crippen LogP contribution in [0.5, 0.6) is 0 Å². The molecule has 1 N–H and O–H groups in total. The van der Waals surface area contributed by atoms with Crippen molar-refractivity contribution in [3.05, 3.63) is 45.9 Å². The Morgan fingerprint density at radius 1 is 1.35 bits per heavy atom. The summed E-state index contributed by atoms with van der Waals surface area (Å²) in [6.45, 7) is 4.79. The van der Waals surface area contributed by atoms with Gasteiger partial charge in [-0.1, -0.05) is 17.7 Å². The van der Waals surface area contributed by atoms with Crippen LogP contribution in [0.4, 0.5) is 5.69 Å². The number of benzene rings is 1. The fraction of sp³-hybridized carbons (Fsp3) is 0.353. The third kappa shape index (κ3) is 3.59. The van der Waals surface area contributed by atoms with Gasteiger partial charge in [0.25, 0.3) is 0 Å². The number of thiazole rings is 1. The number of nitrogens with one attached hydrogen (secondary N) is 1. The first kappa shape index (κ1) is 15.7. The number of anilines is 1. The van der Waals surface area contributed by atoms with Crippen molar-refractivity contribution < 1.29 is 9.59 Å². The number of carbonyl (C=O) groups excluding carboxylic acids is 2. The summed E-state index contributed by atoms with van der Waals surface area (Å²) in [4.78, 5) is 30.5. The number of aryl methyl sites for hydroxylation is 2. The molecule has 1 aromatic heterocycles. The Morgan fingerprint density at radius 3 is 2.74 bits per heavy atom. The summed E-state index contributed by atoms with van der Waals surface area (Å²) in [5, 5.41) is 5.73. The Morgan fingerprint density at radius 2 is 2.09 bits per heavy atom. The summed E-state index contributed by atoms with van der Waals surface area (Å²) in [6, 6.07) is 7.79. The lowest BCUT2D eigenvalue weighted by Crippen LogP contribution is -2.32. The maximum atomic E-state index is 12.3. The first-order valence-corrected chi connectivity index (χ1v) is 8.46. The average molecular weight is 329 g/mol. The van der Waals surface area contributed by atoms with Crippen LogP contribution in [0.25, 0.3) is 0 Å². The van der Waals surface area contributed by atoms with Gasteiger partial charge >= 0.3 is 0 Å². The van der Waals surface area contributed by atoms with Crippen molar-refractivity contribution >= 4 is 28.8 Å². The van der Waals surface area contributed by atoms with Gasteiger partial charge in [-0.05, 0) is 26.0 Å². The number of nitrogens with zero attached hydrogens (tertiary/aromatic N) is 2. The van der Waals surface area contributed by atoms with Crippen LogP contribution in [-0.2, 0) is 16.1 Å². The quantitative estimate of drug-likeness (QED) is 0.937. The van der Waals surface area contributed by atoms with Gasteiger partial charge in [0.2, 0.25) is 11.8 Å². The van der Waals surface area contributed by atoms with Gasteiger partial charge in [0.05, 0.1) is 12.5 Å². The number of rotatable bonds is 4. The minimum Gasteiger partial charge on any atom is -0.349 e. The standard InChI is InChI=1S/C17H19N3O2S/c1-11-3-5-14(6-4-11)20-9-13(7-16(20)21)17(22)18-8-15-19-12(2)10-23-15/h3-6,10,13H,7-9H2,1-2H3,(H,18,22). The van der Waals surface area contributed by atoms with E-state index in [-0.39, 0.29) is 24.2 Å². The van der Waals surface area contributed by atoms with Crippen molar-refractivity contribution in [1.29, 1.82) is 0 Å². The number of aromatic nitrogens is 1. The van der Waals surface area contributed by atoms with Crippen LogP contribution in [0.3, 0.4) is 0 Å². The largest absolute Gasteiger partial charge is 0.349 e. The molecule has 1 aliphatic heterocycles. The van der Waals surface area contributed by atoms with Gasteiger partial charge in [-0.15, -0.1) is 11.3 Å². The van der Waals surface area contributed by atoms with E-state index in [1.54, 1.807) is 4.90 Å². The Balaban J connectivity index is 1.60. The summed E-state index contributed by atoms with van der Waals surface area (Å²) in [5.41, 5.74) is 2.96. The fourth-order valence-electron chi connectivity index (χ4n) is 2.65. The van der Waals surface area contributed by atoms with Crippen LogP contribution in [0.15, 0.2) is 29.6 Å². The van der Waals surface area contributed by atoms with Gasteiger partial charge < -0.3 is 10.2 Å². The molecular formula is C17H19N3O2S. The first-order chi connectivity index (χ1) is 11.0. The Labute approximate surface area is 139 Å². The van der Waals surface area contributed by atoms with E-state index in [4.69, 9.17) is 0 Å². The highest BCUT2D eigenvalue weighted by molar-refractivity contribution is 7.09. The van der Waals surface area contributed by atoms with E-state index in [2.05, 4.69) is 10.3 Å². The fourth-order valence-corrected chi connectivity index (χ4v) is 3.36. The van der Waals surface area contributed by atoms with Crippen LogP contribution >= 0.6 is 11.3 Å². The molecule has 1 unspecified atom stereocenters. The SMILES string of the molecule is Cc1ccc(N2CC(C(=O)NCc3nc(C)cs3)CC2=O)cc1. The van der Waals surface area contributed by atoms with E-state index >= 15 is 0 Å². The molecule has 23 heavy (non-hydrogen) atoms. The zero-order valence-corrected chi connectivity index (χ0v) is 14.0. The van der Waals surface area contributed by atoms with Crippen molar-refractivity contribution in [3.63, 3.8) is 0 Å². The maximum absolute atomic E-state index is 12.3. The van der Waals surface area contributed by atoms with Crippen LogP contribution < -0.4 is 10.2 Å². The number of hydrogen-bond donors (Lipinski definition) is 1. The van der Waals surface area contributed by atoms with Crippen LogP contribution in [0.2, 0.25) is 0 Å². The molecule has 0 aliphatic carbocycles. The second-order valence-corrected chi connectivity index (χ2v) is 6.78. The molecule has 2 aromatic rings. The van der Waals surface area contributed by atoms with Crippen LogP contribution in [0.1, 0.15) is 22.7 Å². The van der Waals surface area contributed by atoms with Gasteiger partial charge in [-0.2, -0.15) is 0 Å². The topological polar surface area (TPSA) is 62.3 Å². The second kappa shape index (κ2) is 6.50. The van der Waals surface area contributed by atoms with Crippen molar-refractivity contribution in [3.8, 4) is 0 Å². The van der Waals surface area contributed by atoms with Gasteiger partial charge in [-0.25, -0.2) is 4.98 Å². The Bertz CT molecular complexity index is 724. The third-order valence-corrected chi connectivity index (χ3v) is 4.89. The normalized spacial score (nSPS) is 17.6. The molecule has 1 aliphatic rings. The number of hydrogen-bond acceptors (Lipinski definition) is 4. The molecule has 1 aromatic carbocycles. The summed E-state index contributed by atoms with van der Waals surface area (Å²) in [7, 11) is 0. The molecule has 6 heteroatoms. The minimum absolute atomic E-state index is 0.000837. The predicted octanol–water partition coefficient (Wildman–Crippen LogP) is 2.43. The molecule has 120 valence electrons. The molecule has 3 rings (SSSR count). The molecule has 0 bridgehead atoms. The van der Waals surface area contributed by atoms with E-state index in [1.165, 1.54) is 11.3 Å². The Hall–Kier alpha value is -2.21. The van der Waals surface area contributed by atoms with Crippen molar-refractivity contribution in [2.45, 2.75) is 26.8 Å². The molecule has 0 spiro atoms. The number of amides is 2. The van der Waals surface area contributed by atoms with Crippen molar-refractivity contribution in [2.75, 3.05) is 11.4 Å². The van der Waals surface area contributed by atoms with Gasteiger partial charge in [0.1, 0.15) is 5.01 Å². The lowest BCUT2D eigenvalue weighted by Gasteiger charge is -2.16. The lowest BCUT2D eigenvalue weighted by molar-refractivity contribution is -0.126. The first-order valence-electron chi connectivity index (χ1n) is 7.58. The average Bonchev–Trinajstić information content (AvgIpc) is 3.12. The monoisotopic (exact) mass is 329 g/mol. The summed E-state index contributed by atoms with van der Waals surface area (Å²) >= 11 is 1.53. The van der Waals surface area contributed by atoms with E-state index in [0.29, 0.717) is 13.1 Å². The highest BCUT2D eigenvalue weighted by atomic mass is 32.1. The smallest absolute Gasteiger partial charge is 0.227 e. The maximum Gasteiger partial charge on any atom is 0.227 e. The lowest BCUT2D eigenvalue weighted by atomic mass is 10.1. The highest BCUT2D eigenvalue weighted by Gasteiger charge is 2.34. The molecule has 2 amide bonds. The van der Waals surface area contributed by atoms with Gasteiger partial charge in [-0.3, -0.25) is 9.59 Å². The number of carbonyl (C=O) groups is 2. The van der Waals surface area contributed by atoms with Gasteiger partial charge in [0.15, 0.2) is 0 Å². The third-order valence-electron chi connectivity index (χ3n) is 3.92. The molecule has 1 saturated heterocycles. The molecule has 0 saturated carbocycles. The molecule has 1 fully saturated rings. The molecular weight excluding hydrogens is 310 g/mol. The predicted molar refractivity (Wildman–Crippen MR) is 90.3 cm³/mol. The molecule has 1 atom stereocenters. The molecule has 5 nitrogen and oxygen atoms in total. The Kier molecular flexibility index (Phi) is 4.43. The summed E-state index contributed by atoms with van der Waals surface area (Å²) in [5.74, 6) is -0.384. The van der Waals surface area contributed by atoms with Crippen molar-refractivity contribution in [1.82, 2.24) is 10.3 Å². The van der Waals surface area contributed by atoms with Gasteiger partial charge in [0, 0.05) is 29.7 Å². The highest BCUT2D eigenvalue weighted by Crippen LogP contribution is 2.25. The van der Waals surface area contributed by atoms with Crippen molar-refractivity contribution in [2.24, 2.45) is 5.92 Å². The molecule has 0 radical (unpaired) electrons. The van der Waals surface area contributed by atoms with Crippen LogP contribution in [-0.4, -0.2) is 23.3 Å². The summed E-state index contributed by atoms with van der Waals surface area (Å²) < 4.78 is 0. The second-order valence-electron chi connectivity index (χ2n) is 5.84.